The van der Waals surface area contributed by atoms with Gasteiger partial charge < -0.3 is 10.1 Å². The number of carbonyl (C=O) groups excluding carboxylic acids is 2. The third-order valence-corrected chi connectivity index (χ3v) is 2.91. The van der Waals surface area contributed by atoms with E-state index in [1.165, 1.54) is 10.7 Å². The molecule has 0 fully saturated rings. The van der Waals surface area contributed by atoms with Crippen molar-refractivity contribution in [1.82, 2.24) is 9.78 Å². The van der Waals surface area contributed by atoms with Gasteiger partial charge in [0.1, 0.15) is 5.69 Å². The lowest BCUT2D eigenvalue weighted by Gasteiger charge is -2.05. The van der Waals surface area contributed by atoms with Gasteiger partial charge in [-0.25, -0.2) is 4.79 Å². The highest BCUT2D eigenvalue weighted by atomic mass is 16.5. The smallest absolute Gasteiger partial charge is 0.358 e. The summed E-state index contributed by atoms with van der Waals surface area (Å²) in [4.78, 5) is 23.8. The van der Waals surface area contributed by atoms with Gasteiger partial charge in [0.25, 0.3) is 5.91 Å². The summed E-state index contributed by atoms with van der Waals surface area (Å²) in [5, 5.41) is 6.75. The molecule has 1 aromatic heterocycles. The quantitative estimate of drug-likeness (QED) is 0.874. The molecule has 2 aromatic rings. The molecule has 6 heteroatoms. The normalized spacial score (nSPS) is 10.2. The van der Waals surface area contributed by atoms with E-state index < -0.39 is 5.97 Å². The Morgan fingerprint density at radius 2 is 1.95 bits per heavy atom. The number of anilines is 1. The molecule has 2 rings (SSSR count). The van der Waals surface area contributed by atoms with Crippen molar-refractivity contribution in [2.24, 2.45) is 7.05 Å². The first-order valence-corrected chi connectivity index (χ1v) is 6.60. The van der Waals surface area contributed by atoms with E-state index in [1.54, 1.807) is 14.0 Å². The van der Waals surface area contributed by atoms with Crippen molar-refractivity contribution in [3.05, 3.63) is 47.3 Å². The van der Waals surface area contributed by atoms with E-state index in [0.717, 1.165) is 5.56 Å². The Morgan fingerprint density at radius 3 is 2.57 bits per heavy atom. The number of aryl methyl sites for hydroxylation is 2. The number of aromatic nitrogens is 2. The Kier molecular flexibility index (Phi) is 4.37. The molecule has 21 heavy (non-hydrogen) atoms. The molecule has 6 nitrogen and oxygen atoms in total. The van der Waals surface area contributed by atoms with Crippen LogP contribution in [-0.2, 0) is 11.8 Å². The molecule has 1 aromatic carbocycles. The van der Waals surface area contributed by atoms with Crippen molar-refractivity contribution in [3.63, 3.8) is 0 Å². The zero-order valence-electron chi connectivity index (χ0n) is 12.2. The van der Waals surface area contributed by atoms with Crippen LogP contribution in [-0.4, -0.2) is 28.3 Å². The van der Waals surface area contributed by atoms with Crippen LogP contribution in [0.15, 0.2) is 30.3 Å². The standard InChI is InChI=1S/C15H17N3O3/c1-4-21-15(20)12-9-13(18(3)17-12)14(19)16-11-7-5-10(2)6-8-11/h5-9H,4H2,1-3H3,(H,16,19). The fourth-order valence-corrected chi connectivity index (χ4v) is 1.82. The first-order chi connectivity index (χ1) is 10.0. The third kappa shape index (κ3) is 3.47. The van der Waals surface area contributed by atoms with Crippen LogP contribution in [0.5, 0.6) is 0 Å². The van der Waals surface area contributed by atoms with Gasteiger partial charge in [-0.2, -0.15) is 5.10 Å². The molecule has 0 aliphatic heterocycles. The fraction of sp³-hybridized carbons (Fsp3) is 0.267. The van der Waals surface area contributed by atoms with Gasteiger partial charge in [-0.15, -0.1) is 0 Å². The van der Waals surface area contributed by atoms with Crippen LogP contribution in [0.4, 0.5) is 5.69 Å². The Bertz CT molecular complexity index is 659. The van der Waals surface area contributed by atoms with Crippen molar-refractivity contribution in [1.29, 1.82) is 0 Å². The zero-order chi connectivity index (χ0) is 15.4. The minimum atomic E-state index is -0.539. The van der Waals surface area contributed by atoms with Crippen molar-refractivity contribution >= 4 is 17.6 Å². The van der Waals surface area contributed by atoms with E-state index in [-0.39, 0.29) is 18.2 Å². The fourth-order valence-electron chi connectivity index (χ4n) is 1.82. The second-order valence-electron chi connectivity index (χ2n) is 4.58. The Hall–Kier alpha value is -2.63. The average Bonchev–Trinajstić information content (AvgIpc) is 2.84. The van der Waals surface area contributed by atoms with Crippen LogP contribution in [0, 0.1) is 6.92 Å². The minimum absolute atomic E-state index is 0.119. The third-order valence-electron chi connectivity index (χ3n) is 2.91. The Balaban J connectivity index is 2.15. The van der Waals surface area contributed by atoms with Gasteiger partial charge in [-0.1, -0.05) is 17.7 Å². The van der Waals surface area contributed by atoms with Crippen LogP contribution in [0.25, 0.3) is 0 Å². The highest BCUT2D eigenvalue weighted by molar-refractivity contribution is 6.04. The molecule has 0 saturated carbocycles. The maximum atomic E-state index is 12.2. The molecule has 110 valence electrons. The van der Waals surface area contributed by atoms with Crippen molar-refractivity contribution in [2.45, 2.75) is 13.8 Å². The molecule has 0 atom stereocenters. The van der Waals surface area contributed by atoms with Crippen LogP contribution >= 0.6 is 0 Å². The van der Waals surface area contributed by atoms with E-state index in [0.29, 0.717) is 11.4 Å². The average molecular weight is 287 g/mol. The van der Waals surface area contributed by atoms with Crippen molar-refractivity contribution in [2.75, 3.05) is 11.9 Å². The number of benzene rings is 1. The molecule has 0 bridgehead atoms. The molecule has 1 heterocycles. The first kappa shape index (κ1) is 14.8. The molecule has 1 amide bonds. The van der Waals surface area contributed by atoms with Gasteiger partial charge in [-0.3, -0.25) is 9.48 Å². The van der Waals surface area contributed by atoms with E-state index >= 15 is 0 Å². The predicted octanol–water partition coefficient (Wildman–Crippen LogP) is 2.16. The van der Waals surface area contributed by atoms with E-state index in [1.807, 2.05) is 31.2 Å². The molecule has 0 aliphatic rings. The topological polar surface area (TPSA) is 73.2 Å². The van der Waals surface area contributed by atoms with Crippen molar-refractivity contribution < 1.29 is 14.3 Å². The molecule has 0 saturated heterocycles. The summed E-state index contributed by atoms with van der Waals surface area (Å²) < 4.78 is 6.22. The summed E-state index contributed by atoms with van der Waals surface area (Å²) in [5.41, 5.74) is 2.20. The number of rotatable bonds is 4. The molecular formula is C15H17N3O3. The molecule has 0 spiro atoms. The molecule has 1 N–H and O–H groups in total. The monoisotopic (exact) mass is 287 g/mol. The lowest BCUT2D eigenvalue weighted by molar-refractivity contribution is 0.0518. The van der Waals surface area contributed by atoms with Gasteiger partial charge in [0, 0.05) is 18.8 Å². The number of hydrogen-bond donors (Lipinski definition) is 1. The molecular weight excluding hydrogens is 270 g/mol. The van der Waals surface area contributed by atoms with E-state index in [9.17, 15) is 9.59 Å². The summed E-state index contributed by atoms with van der Waals surface area (Å²) in [6.07, 6.45) is 0. The lowest BCUT2D eigenvalue weighted by atomic mass is 10.2. The SMILES string of the molecule is CCOC(=O)c1cc(C(=O)Nc2ccc(C)cc2)n(C)n1. The number of esters is 1. The van der Waals surface area contributed by atoms with Gasteiger partial charge >= 0.3 is 5.97 Å². The van der Waals surface area contributed by atoms with Gasteiger partial charge in [-0.05, 0) is 26.0 Å². The van der Waals surface area contributed by atoms with Gasteiger partial charge in [0.15, 0.2) is 5.69 Å². The van der Waals surface area contributed by atoms with Gasteiger partial charge in [0.2, 0.25) is 0 Å². The van der Waals surface area contributed by atoms with Crippen LogP contribution in [0.3, 0.4) is 0 Å². The molecule has 0 aliphatic carbocycles. The molecule has 0 radical (unpaired) electrons. The summed E-state index contributed by atoms with van der Waals surface area (Å²) in [7, 11) is 1.60. The maximum Gasteiger partial charge on any atom is 0.358 e. The maximum absolute atomic E-state index is 12.2. The second-order valence-corrected chi connectivity index (χ2v) is 4.58. The summed E-state index contributed by atoms with van der Waals surface area (Å²) in [5.74, 6) is -0.869. The van der Waals surface area contributed by atoms with Crippen LogP contribution in [0.1, 0.15) is 33.5 Å². The second kappa shape index (κ2) is 6.21. The number of nitrogens with zero attached hydrogens (tertiary/aromatic N) is 2. The summed E-state index contributed by atoms with van der Waals surface area (Å²) >= 11 is 0. The van der Waals surface area contributed by atoms with E-state index in [2.05, 4.69) is 10.4 Å². The zero-order valence-corrected chi connectivity index (χ0v) is 12.2. The van der Waals surface area contributed by atoms with Gasteiger partial charge in [0.05, 0.1) is 6.61 Å². The van der Waals surface area contributed by atoms with E-state index in [4.69, 9.17) is 4.74 Å². The number of hydrogen-bond acceptors (Lipinski definition) is 4. The summed E-state index contributed by atoms with van der Waals surface area (Å²) in [6.45, 7) is 3.95. The Morgan fingerprint density at radius 1 is 1.29 bits per heavy atom. The minimum Gasteiger partial charge on any atom is -0.461 e. The lowest BCUT2D eigenvalue weighted by Crippen LogP contribution is -2.15. The van der Waals surface area contributed by atoms with Crippen LogP contribution < -0.4 is 5.32 Å². The molecule has 0 unspecified atom stereocenters. The number of amides is 1. The highest BCUT2D eigenvalue weighted by Crippen LogP contribution is 2.12. The number of nitrogens with one attached hydrogen (secondary N) is 1. The van der Waals surface area contributed by atoms with Crippen LogP contribution in [0.2, 0.25) is 0 Å². The predicted molar refractivity (Wildman–Crippen MR) is 78.3 cm³/mol. The first-order valence-electron chi connectivity index (χ1n) is 6.60. The Labute approximate surface area is 122 Å². The largest absolute Gasteiger partial charge is 0.461 e. The number of carbonyl (C=O) groups is 2. The highest BCUT2D eigenvalue weighted by Gasteiger charge is 2.18. The number of ether oxygens (including phenoxy) is 1. The van der Waals surface area contributed by atoms with Crippen molar-refractivity contribution in [3.8, 4) is 0 Å². The summed E-state index contributed by atoms with van der Waals surface area (Å²) in [6, 6.07) is 8.86.